The maximum Gasteiger partial charge on any atom is 0.258 e. The van der Waals surface area contributed by atoms with E-state index in [-0.39, 0.29) is 22.2 Å². The third-order valence-corrected chi connectivity index (χ3v) is 3.33. The van der Waals surface area contributed by atoms with Gasteiger partial charge in [0.05, 0.1) is 30.5 Å². The van der Waals surface area contributed by atoms with Gasteiger partial charge in [0.15, 0.2) is 11.6 Å². The van der Waals surface area contributed by atoms with E-state index in [1.54, 1.807) is 0 Å². The Hall–Kier alpha value is -2.83. The first-order valence-electron chi connectivity index (χ1n) is 6.36. The summed E-state index contributed by atoms with van der Waals surface area (Å²) in [7, 11) is 2.86. The highest BCUT2D eigenvalue weighted by atomic mass is 19.1. The molecule has 0 fully saturated rings. The molecule has 0 radical (unpaired) electrons. The molecule has 0 N–H and O–H groups in total. The van der Waals surface area contributed by atoms with Crippen LogP contribution in [-0.2, 0) is 7.05 Å². The van der Waals surface area contributed by atoms with E-state index in [4.69, 9.17) is 4.74 Å². The van der Waals surface area contributed by atoms with Gasteiger partial charge in [0.25, 0.3) is 5.56 Å². The molecule has 2 heterocycles. The first-order chi connectivity index (χ1) is 10.5. The zero-order chi connectivity index (χ0) is 15.9. The van der Waals surface area contributed by atoms with E-state index in [2.05, 4.69) is 9.97 Å². The molecule has 0 saturated carbocycles. The van der Waals surface area contributed by atoms with Crippen molar-refractivity contribution in [2.45, 2.75) is 0 Å². The molecular weight excluding hydrogens is 292 g/mol. The summed E-state index contributed by atoms with van der Waals surface area (Å²) in [6, 6.07) is 2.24. The van der Waals surface area contributed by atoms with Gasteiger partial charge in [0.2, 0.25) is 0 Å². The summed E-state index contributed by atoms with van der Waals surface area (Å²) in [4.78, 5) is 19.9. The average Bonchev–Trinajstić information content (AvgIpc) is 2.52. The Balaban J connectivity index is 2.27. The van der Waals surface area contributed by atoms with Gasteiger partial charge < -0.3 is 9.30 Å². The van der Waals surface area contributed by atoms with E-state index in [1.165, 1.54) is 32.6 Å². The van der Waals surface area contributed by atoms with Crippen molar-refractivity contribution in [3.05, 3.63) is 52.7 Å². The van der Waals surface area contributed by atoms with Crippen LogP contribution in [0.3, 0.4) is 0 Å². The number of hydrogen-bond donors (Lipinski definition) is 0. The van der Waals surface area contributed by atoms with Gasteiger partial charge in [0.1, 0.15) is 11.6 Å². The van der Waals surface area contributed by atoms with Gasteiger partial charge in [-0.25, -0.2) is 18.7 Å². The highest BCUT2D eigenvalue weighted by molar-refractivity contribution is 5.86. The van der Waals surface area contributed by atoms with E-state index < -0.39 is 17.2 Å². The maximum atomic E-state index is 14.2. The standard InChI is InChI=1S/C15H11F2N3O2/c1-20-7-13(17)9-3-11(12(16)4-10(9)15(20)21)14-18-5-8(22-2)6-19-14/h3-7H,1-2H3. The van der Waals surface area contributed by atoms with Crippen LogP contribution in [0.15, 0.2) is 35.5 Å². The minimum Gasteiger partial charge on any atom is -0.494 e. The lowest BCUT2D eigenvalue weighted by molar-refractivity contribution is 0.411. The Kier molecular flexibility index (Phi) is 3.32. The summed E-state index contributed by atoms with van der Waals surface area (Å²) in [5.41, 5.74) is -0.459. The Morgan fingerprint density at radius 3 is 2.41 bits per heavy atom. The first-order valence-corrected chi connectivity index (χ1v) is 6.36. The molecule has 2 aromatic heterocycles. The number of aromatic nitrogens is 3. The number of fused-ring (bicyclic) bond motifs is 1. The van der Waals surface area contributed by atoms with Crippen molar-refractivity contribution in [1.29, 1.82) is 0 Å². The van der Waals surface area contributed by atoms with Gasteiger partial charge in [-0.1, -0.05) is 0 Å². The zero-order valence-corrected chi connectivity index (χ0v) is 11.8. The Morgan fingerprint density at radius 2 is 1.77 bits per heavy atom. The van der Waals surface area contributed by atoms with Crippen molar-refractivity contribution < 1.29 is 13.5 Å². The predicted molar refractivity (Wildman–Crippen MR) is 76.7 cm³/mol. The Bertz CT molecular complexity index is 921. The smallest absolute Gasteiger partial charge is 0.258 e. The van der Waals surface area contributed by atoms with Gasteiger partial charge in [-0.3, -0.25) is 4.79 Å². The number of aryl methyl sites for hydroxylation is 1. The number of benzene rings is 1. The second-order valence-corrected chi connectivity index (χ2v) is 4.72. The molecule has 0 atom stereocenters. The van der Waals surface area contributed by atoms with Gasteiger partial charge in [-0.2, -0.15) is 0 Å². The summed E-state index contributed by atoms with van der Waals surface area (Å²) in [5, 5.41) is -0.00354. The fourth-order valence-corrected chi connectivity index (χ4v) is 2.17. The number of nitrogens with zero attached hydrogens (tertiary/aromatic N) is 3. The number of methoxy groups -OCH3 is 1. The average molecular weight is 303 g/mol. The highest BCUT2D eigenvalue weighted by Gasteiger charge is 2.15. The van der Waals surface area contributed by atoms with Gasteiger partial charge in [-0.05, 0) is 12.1 Å². The van der Waals surface area contributed by atoms with E-state index in [1.807, 2.05) is 0 Å². The summed E-state index contributed by atoms with van der Waals surface area (Å²) in [6.07, 6.45) is 3.82. The lowest BCUT2D eigenvalue weighted by atomic mass is 10.1. The fraction of sp³-hybridized carbons (Fsp3) is 0.133. The Labute approximate surface area is 123 Å². The normalized spacial score (nSPS) is 10.9. The number of pyridine rings is 1. The quantitative estimate of drug-likeness (QED) is 0.729. The summed E-state index contributed by atoms with van der Waals surface area (Å²) >= 11 is 0. The van der Waals surface area contributed by atoms with Crippen LogP contribution in [0.1, 0.15) is 0 Å². The highest BCUT2D eigenvalue weighted by Crippen LogP contribution is 2.26. The topological polar surface area (TPSA) is 57.0 Å². The van der Waals surface area contributed by atoms with Crippen molar-refractivity contribution in [3.8, 4) is 17.1 Å². The number of rotatable bonds is 2. The molecular formula is C15H11F2N3O2. The van der Waals surface area contributed by atoms with Crippen LogP contribution in [0.25, 0.3) is 22.2 Å². The molecule has 0 amide bonds. The van der Waals surface area contributed by atoms with E-state index >= 15 is 0 Å². The van der Waals surface area contributed by atoms with Crippen LogP contribution in [0.4, 0.5) is 8.78 Å². The molecule has 0 bridgehead atoms. The molecule has 112 valence electrons. The second kappa shape index (κ2) is 5.18. The number of ether oxygens (including phenoxy) is 1. The Morgan fingerprint density at radius 1 is 1.09 bits per heavy atom. The minimum absolute atomic E-state index is 0.0160. The van der Waals surface area contributed by atoms with Gasteiger partial charge >= 0.3 is 0 Å². The van der Waals surface area contributed by atoms with E-state index in [0.717, 1.165) is 16.8 Å². The molecule has 0 aliphatic carbocycles. The predicted octanol–water partition coefficient (Wildman–Crippen LogP) is 2.28. The van der Waals surface area contributed by atoms with Gasteiger partial charge in [-0.15, -0.1) is 0 Å². The third kappa shape index (κ3) is 2.20. The first kappa shape index (κ1) is 14.1. The molecule has 22 heavy (non-hydrogen) atoms. The van der Waals surface area contributed by atoms with Crippen LogP contribution in [0.5, 0.6) is 5.75 Å². The maximum absolute atomic E-state index is 14.2. The third-order valence-electron chi connectivity index (χ3n) is 3.33. The molecule has 3 rings (SSSR count). The minimum atomic E-state index is -0.694. The van der Waals surface area contributed by atoms with Crippen LogP contribution in [0, 0.1) is 11.6 Å². The monoisotopic (exact) mass is 303 g/mol. The fourth-order valence-electron chi connectivity index (χ4n) is 2.17. The summed E-state index contributed by atoms with van der Waals surface area (Å²) < 4.78 is 34.3. The van der Waals surface area contributed by atoms with Crippen LogP contribution in [0.2, 0.25) is 0 Å². The molecule has 7 heteroatoms. The molecule has 0 unspecified atom stereocenters. The SMILES string of the molecule is COc1cnc(-c2cc3c(F)cn(C)c(=O)c3cc2F)nc1. The van der Waals surface area contributed by atoms with Crippen LogP contribution in [-0.4, -0.2) is 21.6 Å². The summed E-state index contributed by atoms with van der Waals surface area (Å²) in [6.45, 7) is 0. The molecule has 1 aromatic carbocycles. The van der Waals surface area contributed by atoms with Crippen molar-refractivity contribution in [2.75, 3.05) is 7.11 Å². The van der Waals surface area contributed by atoms with Crippen molar-refractivity contribution in [1.82, 2.24) is 14.5 Å². The van der Waals surface area contributed by atoms with E-state index in [9.17, 15) is 13.6 Å². The zero-order valence-electron chi connectivity index (χ0n) is 11.8. The number of hydrogen-bond acceptors (Lipinski definition) is 4. The number of halogens is 2. The largest absolute Gasteiger partial charge is 0.494 e. The molecule has 0 aliphatic heterocycles. The van der Waals surface area contributed by atoms with Gasteiger partial charge in [0, 0.05) is 18.6 Å². The molecule has 3 aromatic rings. The van der Waals surface area contributed by atoms with Crippen molar-refractivity contribution in [3.63, 3.8) is 0 Å². The molecule has 0 aliphatic rings. The van der Waals surface area contributed by atoms with E-state index in [0.29, 0.717) is 5.75 Å². The second-order valence-electron chi connectivity index (χ2n) is 4.72. The summed E-state index contributed by atoms with van der Waals surface area (Å²) in [5.74, 6) is -0.808. The lowest BCUT2D eigenvalue weighted by Crippen LogP contribution is -2.17. The molecule has 0 saturated heterocycles. The molecule has 5 nitrogen and oxygen atoms in total. The molecule has 0 spiro atoms. The lowest BCUT2D eigenvalue weighted by Gasteiger charge is -2.07. The van der Waals surface area contributed by atoms with Crippen molar-refractivity contribution in [2.24, 2.45) is 7.05 Å². The van der Waals surface area contributed by atoms with Crippen molar-refractivity contribution >= 4 is 10.8 Å². The van der Waals surface area contributed by atoms with Crippen LogP contribution >= 0.6 is 0 Å². The van der Waals surface area contributed by atoms with Crippen LogP contribution < -0.4 is 10.3 Å².